The summed E-state index contributed by atoms with van der Waals surface area (Å²) in [6, 6.07) is 22.2. The topological polar surface area (TPSA) is 87.5 Å². The van der Waals surface area contributed by atoms with Crippen molar-refractivity contribution >= 4 is 34.2 Å². The Morgan fingerprint density at radius 3 is 2.44 bits per heavy atom. The molecule has 3 aromatic carbocycles. The first-order chi connectivity index (χ1) is 16.6. The quantitative estimate of drug-likeness (QED) is 0.292. The van der Waals surface area contributed by atoms with Crippen LogP contribution in [0.5, 0.6) is 0 Å². The van der Waals surface area contributed by atoms with E-state index in [0.29, 0.717) is 22.5 Å². The van der Waals surface area contributed by atoms with E-state index in [0.717, 1.165) is 24.2 Å². The molecule has 2 aliphatic rings. The summed E-state index contributed by atoms with van der Waals surface area (Å²) in [6.07, 6.45) is 3.59. The summed E-state index contributed by atoms with van der Waals surface area (Å²) in [4.78, 5) is 26.4. The third-order valence-electron chi connectivity index (χ3n) is 6.41. The van der Waals surface area contributed by atoms with Gasteiger partial charge in [-0.2, -0.15) is 0 Å². The molecule has 1 amide bonds. The van der Waals surface area contributed by atoms with Gasteiger partial charge in [0, 0.05) is 35.6 Å². The van der Waals surface area contributed by atoms with E-state index in [1.54, 1.807) is 6.07 Å². The van der Waals surface area contributed by atoms with Gasteiger partial charge in [-0.15, -0.1) is 0 Å². The second-order valence-electron chi connectivity index (χ2n) is 8.68. The monoisotopic (exact) mass is 454 g/mol. The lowest BCUT2D eigenvalue weighted by Gasteiger charge is -2.16. The van der Waals surface area contributed by atoms with Crippen LogP contribution in [0.2, 0.25) is 0 Å². The molecule has 7 heteroatoms. The van der Waals surface area contributed by atoms with Crippen LogP contribution in [0.25, 0.3) is 11.3 Å². The van der Waals surface area contributed by atoms with Gasteiger partial charge < -0.3 is 15.5 Å². The van der Waals surface area contributed by atoms with Crippen LogP contribution in [-0.2, 0) is 11.2 Å². The predicted octanol–water partition coefficient (Wildman–Crippen LogP) is 5.17. The largest absolute Gasteiger partial charge is 0.354 e. The molecule has 0 bridgehead atoms. The van der Waals surface area contributed by atoms with Gasteiger partial charge >= 0.3 is 0 Å². The highest BCUT2D eigenvalue weighted by Gasteiger charge is 2.30. The third-order valence-corrected chi connectivity index (χ3v) is 6.41. The summed E-state index contributed by atoms with van der Waals surface area (Å²) in [5.74, 6) is -0.288. The highest BCUT2D eigenvalue weighted by Crippen LogP contribution is 2.39. The lowest BCUT2D eigenvalue weighted by Crippen LogP contribution is -2.21. The first-order valence-corrected chi connectivity index (χ1v) is 11.6. The van der Waals surface area contributed by atoms with E-state index in [1.807, 2.05) is 42.5 Å². The number of likely N-dealkylation sites (tertiary alicyclic amines) is 1. The van der Waals surface area contributed by atoms with Crippen LogP contribution in [0.3, 0.4) is 0 Å². The van der Waals surface area contributed by atoms with Gasteiger partial charge in [0.15, 0.2) is 0 Å². The fourth-order valence-corrected chi connectivity index (χ4v) is 4.59. The van der Waals surface area contributed by atoms with Gasteiger partial charge in [0.25, 0.3) is 11.6 Å². The van der Waals surface area contributed by atoms with Crippen LogP contribution < -0.4 is 10.6 Å². The number of amides is 1. The number of nitro groups is 1. The molecule has 0 aromatic heterocycles. The maximum Gasteiger partial charge on any atom is 0.270 e. The Bertz CT molecular complexity index is 1250. The van der Waals surface area contributed by atoms with E-state index < -0.39 is 4.92 Å². The van der Waals surface area contributed by atoms with Crippen molar-refractivity contribution in [1.29, 1.82) is 0 Å². The van der Waals surface area contributed by atoms with E-state index in [9.17, 15) is 14.9 Å². The smallest absolute Gasteiger partial charge is 0.270 e. The number of non-ortho nitro benzene ring substituents is 1. The lowest BCUT2D eigenvalue weighted by molar-refractivity contribution is -0.384. The molecule has 2 N–H and O–H groups in total. The summed E-state index contributed by atoms with van der Waals surface area (Å²) in [5, 5.41) is 17.6. The fourth-order valence-electron chi connectivity index (χ4n) is 4.59. The summed E-state index contributed by atoms with van der Waals surface area (Å²) in [6.45, 7) is 3.45. The molecule has 1 fully saturated rings. The second-order valence-corrected chi connectivity index (χ2v) is 8.68. The van der Waals surface area contributed by atoms with Crippen molar-refractivity contribution in [2.45, 2.75) is 19.3 Å². The molecule has 2 heterocycles. The molecule has 0 radical (unpaired) electrons. The van der Waals surface area contributed by atoms with Gasteiger partial charge in [0.1, 0.15) is 0 Å². The van der Waals surface area contributed by atoms with Crippen LogP contribution in [0.4, 0.5) is 17.1 Å². The van der Waals surface area contributed by atoms with Crippen molar-refractivity contribution in [3.63, 3.8) is 0 Å². The molecule has 1 saturated heterocycles. The molecule has 0 spiro atoms. The maximum atomic E-state index is 13.0. The van der Waals surface area contributed by atoms with Crippen LogP contribution in [0, 0.1) is 10.1 Å². The number of carbonyl (C=O) groups is 1. The van der Waals surface area contributed by atoms with Crippen LogP contribution in [-0.4, -0.2) is 35.4 Å². The summed E-state index contributed by atoms with van der Waals surface area (Å²) < 4.78 is 0. The second kappa shape index (κ2) is 9.49. The molecule has 34 heavy (non-hydrogen) atoms. The normalized spacial score (nSPS) is 16.8. The molecule has 7 nitrogen and oxygen atoms in total. The maximum absolute atomic E-state index is 13.0. The number of fused-ring (bicyclic) bond motifs is 1. The molecule has 0 unspecified atom stereocenters. The van der Waals surface area contributed by atoms with E-state index in [-0.39, 0.29) is 11.6 Å². The van der Waals surface area contributed by atoms with E-state index in [2.05, 4.69) is 27.7 Å². The molecule has 3 aromatic rings. The summed E-state index contributed by atoms with van der Waals surface area (Å²) in [7, 11) is 0. The van der Waals surface area contributed by atoms with Crippen molar-refractivity contribution < 1.29 is 9.72 Å². The number of carbonyl (C=O) groups excluding carboxylic acids is 1. The zero-order chi connectivity index (χ0) is 23.5. The average Bonchev–Trinajstić information content (AvgIpc) is 3.49. The van der Waals surface area contributed by atoms with E-state index in [4.69, 9.17) is 0 Å². The molecule has 0 saturated carbocycles. The van der Waals surface area contributed by atoms with Gasteiger partial charge in [-0.25, -0.2) is 0 Å². The molecular weight excluding hydrogens is 428 g/mol. The van der Waals surface area contributed by atoms with Crippen molar-refractivity contribution in [3.05, 3.63) is 99.6 Å². The first kappa shape index (κ1) is 21.9. The Balaban J connectivity index is 1.47. The molecule has 0 atom stereocenters. The minimum atomic E-state index is -0.447. The van der Waals surface area contributed by atoms with Crippen LogP contribution in [0.1, 0.15) is 29.5 Å². The Morgan fingerprint density at radius 2 is 1.74 bits per heavy atom. The third kappa shape index (κ3) is 4.56. The Hall–Kier alpha value is -3.97. The standard InChI is InChI=1S/C27H26N4O3/c32-27-25(23-18-22(31(33)34)12-13-24(23)29-27)26(20-6-2-1-3-7-20)28-21-10-8-19(9-11-21)14-17-30-15-4-5-16-30/h1-3,6-13,18,28H,4-5,14-17H2,(H,29,32)/b26-25-. The SMILES string of the molecule is O=C1Nc2ccc([N+](=O)[O-])cc2/C1=C(/Nc1ccc(CCN2CCCC2)cc1)c1ccccc1. The number of nitrogens with zero attached hydrogens (tertiary/aromatic N) is 2. The van der Waals surface area contributed by atoms with Gasteiger partial charge in [0.2, 0.25) is 0 Å². The van der Waals surface area contributed by atoms with Crippen LogP contribution >= 0.6 is 0 Å². The van der Waals surface area contributed by atoms with E-state index >= 15 is 0 Å². The molecule has 5 rings (SSSR count). The zero-order valence-corrected chi connectivity index (χ0v) is 18.8. The number of hydrogen-bond donors (Lipinski definition) is 2. The lowest BCUT2D eigenvalue weighted by atomic mass is 9.99. The number of benzene rings is 3. The molecular formula is C27H26N4O3. The minimum Gasteiger partial charge on any atom is -0.354 e. The van der Waals surface area contributed by atoms with Crippen molar-refractivity contribution in [2.75, 3.05) is 30.3 Å². The number of nitrogens with one attached hydrogen (secondary N) is 2. The number of rotatable bonds is 7. The number of anilines is 2. The predicted molar refractivity (Wildman–Crippen MR) is 134 cm³/mol. The first-order valence-electron chi connectivity index (χ1n) is 11.6. The van der Waals surface area contributed by atoms with Crippen molar-refractivity contribution in [3.8, 4) is 0 Å². The highest BCUT2D eigenvalue weighted by atomic mass is 16.6. The summed E-state index contributed by atoms with van der Waals surface area (Å²) >= 11 is 0. The van der Waals surface area contributed by atoms with Crippen molar-refractivity contribution in [1.82, 2.24) is 4.90 Å². The van der Waals surface area contributed by atoms with Gasteiger partial charge in [-0.05, 0) is 61.7 Å². The van der Waals surface area contributed by atoms with Gasteiger partial charge in [-0.3, -0.25) is 14.9 Å². The number of nitro benzene ring substituents is 1. The molecule has 172 valence electrons. The van der Waals surface area contributed by atoms with Crippen molar-refractivity contribution in [2.24, 2.45) is 0 Å². The Labute approximate surface area is 198 Å². The van der Waals surface area contributed by atoms with Crippen LogP contribution in [0.15, 0.2) is 72.8 Å². The zero-order valence-electron chi connectivity index (χ0n) is 18.8. The Morgan fingerprint density at radius 1 is 1.00 bits per heavy atom. The van der Waals surface area contributed by atoms with Gasteiger partial charge in [0.05, 0.1) is 16.2 Å². The number of hydrogen-bond acceptors (Lipinski definition) is 5. The summed E-state index contributed by atoms with van der Waals surface area (Å²) in [5.41, 5.74) is 4.98. The fraction of sp³-hybridized carbons (Fsp3) is 0.222. The molecule has 2 aliphatic heterocycles. The minimum absolute atomic E-state index is 0.0532. The van der Waals surface area contributed by atoms with E-state index in [1.165, 1.54) is 43.6 Å². The highest BCUT2D eigenvalue weighted by molar-refractivity contribution is 6.37. The average molecular weight is 455 g/mol. The molecule has 0 aliphatic carbocycles. The Kier molecular flexibility index (Phi) is 6.10. The van der Waals surface area contributed by atoms with Gasteiger partial charge in [-0.1, -0.05) is 42.5 Å².